The van der Waals surface area contributed by atoms with Crippen LogP contribution in [-0.2, 0) is 0 Å². The second kappa shape index (κ2) is 4.18. The summed E-state index contributed by atoms with van der Waals surface area (Å²) in [6, 6.07) is 5.18. The zero-order chi connectivity index (χ0) is 10.7. The second-order valence-electron chi connectivity index (χ2n) is 2.93. The van der Waals surface area contributed by atoms with E-state index in [1.807, 2.05) is 20.2 Å². The van der Waals surface area contributed by atoms with E-state index >= 15 is 0 Å². The normalized spacial score (nSPS) is 9.36. The molecule has 0 saturated heterocycles. The minimum Gasteiger partial charge on any atom is -0.408 e. The molecule has 1 aromatic carbocycles. The molecule has 14 heavy (non-hydrogen) atoms. The molecule has 2 N–H and O–H groups in total. The van der Waals surface area contributed by atoms with E-state index in [9.17, 15) is 0 Å². The maximum absolute atomic E-state index is 8.73. The van der Waals surface area contributed by atoms with E-state index in [4.69, 9.17) is 22.8 Å². The predicted molar refractivity (Wildman–Crippen MR) is 55.3 cm³/mol. The van der Waals surface area contributed by atoms with Crippen LogP contribution in [0.25, 0.3) is 0 Å². The van der Waals surface area contributed by atoms with Gasteiger partial charge in [0.25, 0.3) is 0 Å². The Kier molecular flexibility index (Phi) is 3.18. The van der Waals surface area contributed by atoms with Crippen LogP contribution in [0.15, 0.2) is 12.1 Å². The van der Waals surface area contributed by atoms with Crippen molar-refractivity contribution in [1.82, 2.24) is 0 Å². The quantitative estimate of drug-likeness (QED) is 0.754. The van der Waals surface area contributed by atoms with Gasteiger partial charge in [-0.3, -0.25) is 0 Å². The molecule has 74 valence electrons. The van der Waals surface area contributed by atoms with Gasteiger partial charge in [0.05, 0.1) is 22.3 Å². The molecule has 1 aromatic rings. The van der Waals surface area contributed by atoms with Gasteiger partial charge in [0.1, 0.15) is 0 Å². The number of halogens is 1. The van der Waals surface area contributed by atoms with Crippen molar-refractivity contribution in [2.24, 2.45) is 5.90 Å². The van der Waals surface area contributed by atoms with Crippen molar-refractivity contribution < 1.29 is 4.84 Å². The highest BCUT2D eigenvalue weighted by Crippen LogP contribution is 2.35. The monoisotopic (exact) mass is 211 g/mol. The second-order valence-corrected chi connectivity index (χ2v) is 3.34. The van der Waals surface area contributed by atoms with Gasteiger partial charge < -0.3 is 9.74 Å². The fourth-order valence-electron chi connectivity index (χ4n) is 1.09. The number of rotatable bonds is 2. The highest BCUT2D eigenvalue weighted by atomic mass is 35.5. The molecule has 0 atom stereocenters. The number of hydrogen-bond acceptors (Lipinski definition) is 4. The fraction of sp³-hybridized carbons (Fsp3) is 0.222. The summed E-state index contributed by atoms with van der Waals surface area (Å²) in [5.74, 6) is 5.46. The Hall–Kier alpha value is -1.44. The van der Waals surface area contributed by atoms with Crippen molar-refractivity contribution in [3.05, 3.63) is 22.7 Å². The number of nitrogens with two attached hydrogens (primary N) is 1. The Morgan fingerprint density at radius 2 is 2.14 bits per heavy atom. The van der Waals surface area contributed by atoms with E-state index in [2.05, 4.69) is 4.84 Å². The Balaban J connectivity index is 3.37. The van der Waals surface area contributed by atoms with Crippen LogP contribution in [0.4, 0.5) is 5.69 Å². The van der Waals surface area contributed by atoms with Crippen molar-refractivity contribution >= 4 is 17.3 Å². The molecule has 0 unspecified atom stereocenters. The van der Waals surface area contributed by atoms with Gasteiger partial charge in [0.2, 0.25) is 0 Å². The van der Waals surface area contributed by atoms with Crippen molar-refractivity contribution in [3.63, 3.8) is 0 Å². The highest BCUT2D eigenvalue weighted by molar-refractivity contribution is 6.32. The average molecular weight is 212 g/mol. The van der Waals surface area contributed by atoms with Crippen molar-refractivity contribution in [1.29, 1.82) is 5.26 Å². The van der Waals surface area contributed by atoms with Crippen LogP contribution in [-0.4, -0.2) is 14.1 Å². The van der Waals surface area contributed by atoms with Crippen LogP contribution >= 0.6 is 11.6 Å². The number of nitrogens with zero attached hydrogens (tertiary/aromatic N) is 2. The topological polar surface area (TPSA) is 62.3 Å². The zero-order valence-electron chi connectivity index (χ0n) is 7.91. The van der Waals surface area contributed by atoms with Gasteiger partial charge in [0, 0.05) is 14.1 Å². The van der Waals surface area contributed by atoms with Crippen LogP contribution in [0.3, 0.4) is 0 Å². The summed E-state index contributed by atoms with van der Waals surface area (Å²) in [6.45, 7) is 0. The lowest BCUT2D eigenvalue weighted by Gasteiger charge is -2.16. The smallest absolute Gasteiger partial charge is 0.188 e. The van der Waals surface area contributed by atoms with Gasteiger partial charge in [-0.15, -0.1) is 0 Å². The Labute approximate surface area is 87.4 Å². The number of hydrogen-bond donors (Lipinski definition) is 1. The van der Waals surface area contributed by atoms with Crippen LogP contribution in [0.2, 0.25) is 5.02 Å². The lowest BCUT2D eigenvalue weighted by Crippen LogP contribution is -2.13. The van der Waals surface area contributed by atoms with Crippen molar-refractivity contribution in [3.8, 4) is 11.8 Å². The molecule has 0 aliphatic heterocycles. The Bertz CT molecular complexity index is 384. The third-order valence-electron chi connectivity index (χ3n) is 1.75. The van der Waals surface area contributed by atoms with Gasteiger partial charge in [-0.05, 0) is 12.1 Å². The molecule has 0 spiro atoms. The maximum atomic E-state index is 8.73. The SMILES string of the molecule is CN(C)c1cc(C#N)cc(Cl)c1ON. The summed E-state index contributed by atoms with van der Waals surface area (Å²) in [7, 11) is 3.63. The highest BCUT2D eigenvalue weighted by Gasteiger charge is 2.12. The van der Waals surface area contributed by atoms with Gasteiger partial charge in [0.15, 0.2) is 5.75 Å². The van der Waals surface area contributed by atoms with Crippen LogP contribution < -0.4 is 15.6 Å². The molecule has 0 bridgehead atoms. The number of anilines is 1. The molecule has 0 saturated carbocycles. The Morgan fingerprint density at radius 3 is 2.57 bits per heavy atom. The lowest BCUT2D eigenvalue weighted by molar-refractivity contribution is 0.335. The molecule has 0 amide bonds. The summed E-state index contributed by atoms with van der Waals surface area (Å²) < 4.78 is 0. The number of nitriles is 1. The summed E-state index contributed by atoms with van der Waals surface area (Å²) in [6.07, 6.45) is 0. The molecule has 0 aromatic heterocycles. The summed E-state index contributed by atoms with van der Waals surface area (Å²) in [4.78, 5) is 6.43. The first-order chi connectivity index (χ1) is 6.60. The molecule has 0 aliphatic carbocycles. The standard InChI is InChI=1S/C9H10ClN3O/c1-13(2)8-4-6(5-11)3-7(10)9(8)14-12/h3-4H,12H2,1-2H3. The van der Waals surface area contributed by atoms with Gasteiger partial charge in [-0.1, -0.05) is 11.6 Å². The summed E-state index contributed by atoms with van der Waals surface area (Å²) in [5.41, 5.74) is 1.15. The van der Waals surface area contributed by atoms with E-state index in [-0.39, 0.29) is 0 Å². The average Bonchev–Trinajstić information content (AvgIpc) is 2.16. The number of benzene rings is 1. The van der Waals surface area contributed by atoms with Crippen LogP contribution in [0.5, 0.6) is 5.75 Å². The molecule has 0 radical (unpaired) electrons. The summed E-state index contributed by atoms with van der Waals surface area (Å²) in [5, 5.41) is 9.06. The minimum atomic E-state index is 0.329. The van der Waals surface area contributed by atoms with Gasteiger partial charge in [-0.25, -0.2) is 0 Å². The predicted octanol–water partition coefficient (Wildman–Crippen LogP) is 1.53. The van der Waals surface area contributed by atoms with E-state index in [0.29, 0.717) is 22.0 Å². The van der Waals surface area contributed by atoms with Crippen LogP contribution in [0.1, 0.15) is 5.56 Å². The molecule has 0 aliphatic rings. The lowest BCUT2D eigenvalue weighted by atomic mass is 10.2. The minimum absolute atomic E-state index is 0.329. The summed E-state index contributed by atoms with van der Waals surface area (Å²) >= 11 is 5.87. The maximum Gasteiger partial charge on any atom is 0.188 e. The first kappa shape index (κ1) is 10.6. The van der Waals surface area contributed by atoms with E-state index in [1.54, 1.807) is 11.0 Å². The van der Waals surface area contributed by atoms with Gasteiger partial charge in [-0.2, -0.15) is 11.2 Å². The Morgan fingerprint density at radius 1 is 1.50 bits per heavy atom. The van der Waals surface area contributed by atoms with E-state index < -0.39 is 0 Å². The molecule has 0 heterocycles. The molecule has 0 fully saturated rings. The third-order valence-corrected chi connectivity index (χ3v) is 2.03. The van der Waals surface area contributed by atoms with Crippen LogP contribution in [0, 0.1) is 11.3 Å². The van der Waals surface area contributed by atoms with Crippen molar-refractivity contribution in [2.45, 2.75) is 0 Å². The first-order valence-electron chi connectivity index (χ1n) is 3.88. The third kappa shape index (κ3) is 1.90. The molecule has 5 heteroatoms. The molecular formula is C9H10ClN3O. The molecular weight excluding hydrogens is 202 g/mol. The molecule has 1 rings (SSSR count). The zero-order valence-corrected chi connectivity index (χ0v) is 8.67. The first-order valence-corrected chi connectivity index (χ1v) is 4.25. The van der Waals surface area contributed by atoms with Crippen molar-refractivity contribution in [2.75, 3.05) is 19.0 Å². The fourth-order valence-corrected chi connectivity index (χ4v) is 1.35. The molecule has 4 nitrogen and oxygen atoms in total. The van der Waals surface area contributed by atoms with Gasteiger partial charge >= 0.3 is 0 Å². The van der Waals surface area contributed by atoms with E-state index in [0.717, 1.165) is 0 Å². The largest absolute Gasteiger partial charge is 0.408 e. The van der Waals surface area contributed by atoms with E-state index in [1.165, 1.54) is 6.07 Å².